The molecule has 0 saturated heterocycles. The first-order valence-electron chi connectivity index (χ1n) is 27.5. The highest BCUT2D eigenvalue weighted by Crippen LogP contribution is 2.16. The van der Waals surface area contributed by atoms with Gasteiger partial charge in [-0.3, -0.25) is 14.4 Å². The Labute approximate surface area is 391 Å². The van der Waals surface area contributed by atoms with E-state index in [9.17, 15) is 14.4 Å². The van der Waals surface area contributed by atoms with Crippen molar-refractivity contribution >= 4 is 17.9 Å². The van der Waals surface area contributed by atoms with Crippen molar-refractivity contribution in [1.82, 2.24) is 0 Å². The van der Waals surface area contributed by atoms with Crippen molar-refractivity contribution in [3.8, 4) is 0 Å². The van der Waals surface area contributed by atoms with Crippen LogP contribution < -0.4 is 0 Å². The van der Waals surface area contributed by atoms with Gasteiger partial charge >= 0.3 is 17.9 Å². The van der Waals surface area contributed by atoms with E-state index in [0.29, 0.717) is 19.3 Å². The van der Waals surface area contributed by atoms with Gasteiger partial charge in [-0.05, 0) is 77.0 Å². The molecule has 63 heavy (non-hydrogen) atoms. The summed E-state index contributed by atoms with van der Waals surface area (Å²) in [5.74, 6) is -0.872. The number of rotatable bonds is 50. The third-order valence-corrected chi connectivity index (χ3v) is 12.1. The maximum absolute atomic E-state index is 12.8. The Morgan fingerprint density at radius 1 is 0.317 bits per heavy atom. The average Bonchev–Trinajstić information content (AvgIpc) is 3.28. The summed E-state index contributed by atoms with van der Waals surface area (Å²) in [5, 5.41) is 0. The number of unbranched alkanes of at least 4 members (excludes halogenated alkanes) is 33. The van der Waals surface area contributed by atoms with Gasteiger partial charge in [0.25, 0.3) is 0 Å². The number of allylic oxidation sites excluding steroid dienone is 6. The number of carbonyl (C=O) groups excluding carboxylic acids is 3. The first-order valence-corrected chi connectivity index (χ1v) is 27.5. The van der Waals surface area contributed by atoms with Crippen molar-refractivity contribution in [1.29, 1.82) is 0 Å². The summed E-state index contributed by atoms with van der Waals surface area (Å²) in [6.07, 6.45) is 61.2. The molecule has 6 nitrogen and oxygen atoms in total. The Kier molecular flexibility index (Phi) is 50.3. The standard InChI is InChI=1S/C57H104O6/c1-4-7-10-13-16-19-22-25-27-28-30-32-35-38-41-44-47-50-56(59)62-53-54(52-61-55(58)49-46-43-40-37-34-31-24-21-18-15-12-9-6-3)63-57(60)51-48-45-42-39-36-33-29-26-23-20-17-14-11-8-5-2/h16,19-20,23,25,27,54H,4-15,17-18,21-22,24,26,28-53H2,1-3H3/b19-16+,23-20+,27-25+/t54-/m1/s1. The van der Waals surface area contributed by atoms with E-state index in [1.54, 1.807) is 0 Å². The molecule has 0 radical (unpaired) electrons. The van der Waals surface area contributed by atoms with Crippen LogP contribution >= 0.6 is 0 Å². The number of esters is 3. The Bertz CT molecular complexity index is 1060. The van der Waals surface area contributed by atoms with Crippen LogP contribution in [0.4, 0.5) is 0 Å². The second-order valence-corrected chi connectivity index (χ2v) is 18.5. The zero-order chi connectivity index (χ0) is 45.8. The molecule has 0 heterocycles. The molecule has 0 spiro atoms. The highest BCUT2D eigenvalue weighted by Gasteiger charge is 2.19. The fourth-order valence-corrected chi connectivity index (χ4v) is 7.94. The highest BCUT2D eigenvalue weighted by atomic mass is 16.6. The maximum Gasteiger partial charge on any atom is 0.306 e. The van der Waals surface area contributed by atoms with Crippen LogP contribution in [0, 0.1) is 0 Å². The van der Waals surface area contributed by atoms with E-state index in [-0.39, 0.29) is 31.1 Å². The van der Waals surface area contributed by atoms with E-state index in [1.807, 2.05) is 0 Å². The number of hydrogen-bond acceptors (Lipinski definition) is 6. The maximum atomic E-state index is 12.8. The van der Waals surface area contributed by atoms with E-state index < -0.39 is 6.10 Å². The number of hydrogen-bond donors (Lipinski definition) is 0. The summed E-state index contributed by atoms with van der Waals surface area (Å²) in [7, 11) is 0. The Hall–Kier alpha value is -2.37. The van der Waals surface area contributed by atoms with Gasteiger partial charge < -0.3 is 14.2 Å². The fourth-order valence-electron chi connectivity index (χ4n) is 7.94. The fraction of sp³-hybridized carbons (Fsp3) is 0.842. The lowest BCUT2D eigenvalue weighted by Gasteiger charge is -2.18. The minimum absolute atomic E-state index is 0.0731. The molecule has 0 aromatic rings. The van der Waals surface area contributed by atoms with E-state index in [2.05, 4.69) is 57.2 Å². The third-order valence-electron chi connectivity index (χ3n) is 12.1. The van der Waals surface area contributed by atoms with Crippen molar-refractivity contribution in [2.24, 2.45) is 0 Å². The first kappa shape index (κ1) is 60.6. The zero-order valence-electron chi connectivity index (χ0n) is 42.1. The molecule has 0 aromatic carbocycles. The van der Waals surface area contributed by atoms with Crippen LogP contribution in [0.1, 0.15) is 290 Å². The second kappa shape index (κ2) is 52.3. The Balaban J connectivity index is 4.36. The molecule has 1 atom stereocenters. The van der Waals surface area contributed by atoms with Crippen molar-refractivity contribution in [3.63, 3.8) is 0 Å². The van der Waals surface area contributed by atoms with Crippen LogP contribution in [0.15, 0.2) is 36.5 Å². The molecule has 0 aliphatic carbocycles. The molecule has 0 aromatic heterocycles. The molecule has 0 fully saturated rings. The van der Waals surface area contributed by atoms with Gasteiger partial charge in [-0.1, -0.05) is 231 Å². The summed E-state index contributed by atoms with van der Waals surface area (Å²) < 4.78 is 16.8. The van der Waals surface area contributed by atoms with Crippen molar-refractivity contribution in [2.75, 3.05) is 13.2 Å². The molecule has 0 unspecified atom stereocenters. The van der Waals surface area contributed by atoms with Crippen LogP contribution in [-0.2, 0) is 28.6 Å². The molecular weight excluding hydrogens is 781 g/mol. The summed E-state index contributed by atoms with van der Waals surface area (Å²) >= 11 is 0. The van der Waals surface area contributed by atoms with Gasteiger partial charge in [0, 0.05) is 19.3 Å². The molecule has 0 bridgehead atoms. The second-order valence-electron chi connectivity index (χ2n) is 18.5. The van der Waals surface area contributed by atoms with Gasteiger partial charge in [0.2, 0.25) is 0 Å². The lowest BCUT2D eigenvalue weighted by Crippen LogP contribution is -2.30. The molecule has 0 aliphatic heterocycles. The Morgan fingerprint density at radius 2 is 0.571 bits per heavy atom. The Morgan fingerprint density at radius 3 is 0.937 bits per heavy atom. The van der Waals surface area contributed by atoms with E-state index in [4.69, 9.17) is 14.2 Å². The van der Waals surface area contributed by atoms with E-state index in [0.717, 1.165) is 70.6 Å². The largest absolute Gasteiger partial charge is 0.462 e. The van der Waals surface area contributed by atoms with E-state index >= 15 is 0 Å². The van der Waals surface area contributed by atoms with Crippen LogP contribution in [0.3, 0.4) is 0 Å². The first-order chi connectivity index (χ1) is 31.0. The summed E-state index contributed by atoms with van der Waals surface area (Å²) in [6, 6.07) is 0. The van der Waals surface area contributed by atoms with E-state index in [1.165, 1.54) is 180 Å². The summed E-state index contributed by atoms with van der Waals surface area (Å²) in [5.41, 5.74) is 0. The van der Waals surface area contributed by atoms with Crippen LogP contribution in [0.25, 0.3) is 0 Å². The lowest BCUT2D eigenvalue weighted by atomic mass is 10.0. The SMILES string of the molecule is CCCCC/C=C/C/C=C/CCCCCCCCCC(=O)OC[C@@H](COC(=O)CCCCCCCCCCCCCCC)OC(=O)CCCCCCCCC/C=C/CCCCCC. The highest BCUT2D eigenvalue weighted by molar-refractivity contribution is 5.71. The minimum Gasteiger partial charge on any atom is -0.462 e. The molecular formula is C57H104O6. The molecule has 368 valence electrons. The van der Waals surface area contributed by atoms with Crippen molar-refractivity contribution in [2.45, 2.75) is 297 Å². The van der Waals surface area contributed by atoms with Crippen LogP contribution in [0.5, 0.6) is 0 Å². The van der Waals surface area contributed by atoms with Crippen molar-refractivity contribution < 1.29 is 28.6 Å². The minimum atomic E-state index is -0.774. The quantitative estimate of drug-likeness (QED) is 0.0262. The van der Waals surface area contributed by atoms with Gasteiger partial charge in [0.1, 0.15) is 13.2 Å². The molecule has 0 rings (SSSR count). The lowest BCUT2D eigenvalue weighted by molar-refractivity contribution is -0.167. The van der Waals surface area contributed by atoms with Gasteiger partial charge in [0.05, 0.1) is 0 Å². The summed E-state index contributed by atoms with van der Waals surface area (Å²) in [6.45, 7) is 6.62. The van der Waals surface area contributed by atoms with Gasteiger partial charge in [-0.2, -0.15) is 0 Å². The number of ether oxygens (including phenoxy) is 3. The zero-order valence-corrected chi connectivity index (χ0v) is 42.1. The summed E-state index contributed by atoms with van der Waals surface area (Å²) in [4.78, 5) is 38.0. The normalized spacial score (nSPS) is 12.2. The van der Waals surface area contributed by atoms with Crippen molar-refractivity contribution in [3.05, 3.63) is 36.5 Å². The average molecular weight is 885 g/mol. The molecule has 0 amide bonds. The smallest absolute Gasteiger partial charge is 0.306 e. The molecule has 0 aliphatic rings. The molecule has 0 N–H and O–H groups in total. The van der Waals surface area contributed by atoms with Gasteiger partial charge in [0.15, 0.2) is 6.10 Å². The monoisotopic (exact) mass is 885 g/mol. The molecule has 6 heteroatoms. The topological polar surface area (TPSA) is 78.9 Å². The van der Waals surface area contributed by atoms with Gasteiger partial charge in [-0.25, -0.2) is 0 Å². The third kappa shape index (κ3) is 50.5. The predicted octanol–water partition coefficient (Wildman–Crippen LogP) is 18.1. The van der Waals surface area contributed by atoms with Gasteiger partial charge in [-0.15, -0.1) is 0 Å². The van der Waals surface area contributed by atoms with Crippen LogP contribution in [0.2, 0.25) is 0 Å². The molecule has 0 saturated carbocycles. The van der Waals surface area contributed by atoms with Crippen LogP contribution in [-0.4, -0.2) is 37.2 Å². The predicted molar refractivity (Wildman–Crippen MR) is 270 cm³/mol. The number of carbonyl (C=O) groups is 3.